The van der Waals surface area contributed by atoms with Crippen molar-refractivity contribution in [3.63, 3.8) is 0 Å². The molecular weight excluding hydrogens is 185 g/mol. The van der Waals surface area contributed by atoms with Gasteiger partial charge in [0, 0.05) is 17.2 Å². The molecule has 0 atom stereocenters. The molecule has 0 fully saturated rings. The Labute approximate surface area is 72.0 Å². The van der Waals surface area contributed by atoms with Gasteiger partial charge in [-0.05, 0) is 11.4 Å². The minimum absolute atomic E-state index is 0.178. The molecule has 1 rings (SSSR count). The Morgan fingerprint density at radius 2 is 2.17 bits per heavy atom. The maximum absolute atomic E-state index is 11.5. The van der Waals surface area contributed by atoms with Gasteiger partial charge in [0.05, 0.1) is 0 Å². The molecule has 0 unspecified atom stereocenters. The summed E-state index contributed by atoms with van der Waals surface area (Å²) in [5.41, 5.74) is 0. The van der Waals surface area contributed by atoms with E-state index in [1.54, 1.807) is 12.1 Å². The van der Waals surface area contributed by atoms with Gasteiger partial charge >= 0.3 is 6.18 Å². The van der Waals surface area contributed by atoms with Gasteiger partial charge in [0.25, 0.3) is 0 Å². The van der Waals surface area contributed by atoms with Crippen molar-refractivity contribution in [1.82, 2.24) is 0 Å². The highest BCUT2D eigenvalue weighted by molar-refractivity contribution is 7.09. The van der Waals surface area contributed by atoms with Crippen LogP contribution in [0.1, 0.15) is 4.88 Å². The van der Waals surface area contributed by atoms with Crippen LogP contribution in [0.5, 0.6) is 0 Å². The van der Waals surface area contributed by atoms with Crippen LogP contribution in [0.15, 0.2) is 17.5 Å². The molecule has 0 spiro atoms. The Bertz CT molecular complexity index is 286. The van der Waals surface area contributed by atoms with Crippen LogP contribution in [0.4, 0.5) is 13.2 Å². The van der Waals surface area contributed by atoms with Crippen LogP contribution in [0.2, 0.25) is 0 Å². The Hall–Kier alpha value is -0.950. The molecule has 0 bridgehead atoms. The van der Waals surface area contributed by atoms with E-state index < -0.39 is 6.18 Å². The van der Waals surface area contributed by atoms with E-state index in [9.17, 15) is 13.2 Å². The van der Waals surface area contributed by atoms with Crippen LogP contribution >= 0.6 is 11.3 Å². The highest BCUT2D eigenvalue weighted by atomic mass is 32.1. The number of hydrogen-bond acceptors (Lipinski definition) is 1. The van der Waals surface area contributed by atoms with Crippen molar-refractivity contribution < 1.29 is 13.2 Å². The summed E-state index contributed by atoms with van der Waals surface area (Å²) in [6, 6.07) is 3.55. The van der Waals surface area contributed by atoms with Crippen LogP contribution in [0.25, 0.3) is 0 Å². The van der Waals surface area contributed by atoms with E-state index in [2.05, 4.69) is 5.92 Å². The number of hydrogen-bond donors (Lipinski definition) is 0. The molecule has 1 heterocycles. The lowest BCUT2D eigenvalue weighted by Gasteiger charge is -1.91. The maximum Gasteiger partial charge on any atom is 0.457 e. The number of thiophene rings is 1. The summed E-state index contributed by atoms with van der Waals surface area (Å²) < 4.78 is 34.5. The standard InChI is InChI=1S/C8H5F3S/c9-8(10,11)5-1-3-7-4-2-6-12-7/h2,4,6H,3H2. The largest absolute Gasteiger partial charge is 0.457 e. The summed E-state index contributed by atoms with van der Waals surface area (Å²) in [5.74, 6) is 3.28. The molecule has 0 saturated heterocycles. The number of halogens is 3. The highest BCUT2D eigenvalue weighted by Crippen LogP contribution is 2.13. The fourth-order valence-corrected chi connectivity index (χ4v) is 1.29. The first-order chi connectivity index (χ1) is 5.58. The normalized spacial score (nSPS) is 10.6. The van der Waals surface area contributed by atoms with Gasteiger partial charge in [-0.1, -0.05) is 12.0 Å². The molecule has 1 aromatic rings. The predicted octanol–water partition coefficient (Wildman–Crippen LogP) is 2.86. The average molecular weight is 190 g/mol. The van der Waals surface area contributed by atoms with E-state index in [4.69, 9.17) is 0 Å². The Morgan fingerprint density at radius 3 is 2.67 bits per heavy atom. The van der Waals surface area contributed by atoms with Gasteiger partial charge in [-0.3, -0.25) is 0 Å². The molecule has 0 radical (unpaired) electrons. The fourth-order valence-electron chi connectivity index (χ4n) is 0.645. The summed E-state index contributed by atoms with van der Waals surface area (Å²) >= 11 is 1.40. The third-order valence-electron chi connectivity index (χ3n) is 1.07. The third-order valence-corrected chi connectivity index (χ3v) is 1.95. The summed E-state index contributed by atoms with van der Waals surface area (Å²) in [6.07, 6.45) is -4.19. The molecule has 64 valence electrons. The number of alkyl halides is 3. The van der Waals surface area contributed by atoms with E-state index in [0.29, 0.717) is 0 Å². The lowest BCUT2D eigenvalue weighted by Crippen LogP contribution is -2.01. The molecular formula is C8H5F3S. The van der Waals surface area contributed by atoms with Crippen LogP contribution in [-0.2, 0) is 6.42 Å². The molecule has 0 aliphatic rings. The van der Waals surface area contributed by atoms with Crippen molar-refractivity contribution in [1.29, 1.82) is 0 Å². The smallest absolute Gasteiger partial charge is 0.159 e. The zero-order valence-electron chi connectivity index (χ0n) is 5.98. The van der Waals surface area contributed by atoms with E-state index in [1.807, 2.05) is 5.38 Å². The van der Waals surface area contributed by atoms with Crippen LogP contribution in [0.3, 0.4) is 0 Å². The van der Waals surface area contributed by atoms with Crippen molar-refractivity contribution in [3.8, 4) is 11.8 Å². The first-order valence-electron chi connectivity index (χ1n) is 3.17. The topological polar surface area (TPSA) is 0 Å². The van der Waals surface area contributed by atoms with E-state index in [1.165, 1.54) is 17.3 Å². The molecule has 0 aliphatic carbocycles. The van der Waals surface area contributed by atoms with Gasteiger partial charge in [0.1, 0.15) is 0 Å². The number of rotatable bonds is 1. The summed E-state index contributed by atoms with van der Waals surface area (Å²) in [5, 5.41) is 1.81. The predicted molar refractivity (Wildman–Crippen MR) is 41.9 cm³/mol. The Kier molecular flexibility index (Phi) is 2.77. The second kappa shape index (κ2) is 3.63. The van der Waals surface area contributed by atoms with Crippen molar-refractivity contribution in [2.45, 2.75) is 12.6 Å². The van der Waals surface area contributed by atoms with E-state index >= 15 is 0 Å². The molecule has 0 aliphatic heterocycles. The van der Waals surface area contributed by atoms with Crippen molar-refractivity contribution in [2.75, 3.05) is 0 Å². The Balaban J connectivity index is 2.49. The molecule has 0 saturated carbocycles. The molecule has 0 nitrogen and oxygen atoms in total. The van der Waals surface area contributed by atoms with Crippen LogP contribution < -0.4 is 0 Å². The monoisotopic (exact) mass is 190 g/mol. The second-order valence-electron chi connectivity index (χ2n) is 2.06. The molecule has 12 heavy (non-hydrogen) atoms. The summed E-state index contributed by atoms with van der Waals surface area (Å²) in [6.45, 7) is 0. The Morgan fingerprint density at radius 1 is 1.42 bits per heavy atom. The molecule has 4 heteroatoms. The SMILES string of the molecule is FC(F)(F)C#CCc1cccs1. The first-order valence-corrected chi connectivity index (χ1v) is 4.05. The van der Waals surface area contributed by atoms with Gasteiger partial charge in [0.2, 0.25) is 0 Å². The molecule has 0 N–H and O–H groups in total. The van der Waals surface area contributed by atoms with Crippen molar-refractivity contribution in [3.05, 3.63) is 22.4 Å². The zero-order valence-corrected chi connectivity index (χ0v) is 6.80. The lowest BCUT2D eigenvalue weighted by atomic mass is 10.3. The molecule has 1 aromatic heterocycles. The quantitative estimate of drug-likeness (QED) is 0.597. The van der Waals surface area contributed by atoms with Crippen molar-refractivity contribution >= 4 is 11.3 Å². The summed E-state index contributed by atoms with van der Waals surface area (Å²) in [4.78, 5) is 0.853. The van der Waals surface area contributed by atoms with Gasteiger partial charge in [-0.25, -0.2) is 0 Å². The zero-order chi connectivity index (χ0) is 9.03. The van der Waals surface area contributed by atoms with Crippen molar-refractivity contribution in [2.24, 2.45) is 0 Å². The fraction of sp³-hybridized carbons (Fsp3) is 0.250. The maximum atomic E-state index is 11.5. The highest BCUT2D eigenvalue weighted by Gasteiger charge is 2.22. The van der Waals surface area contributed by atoms with Gasteiger partial charge in [-0.15, -0.1) is 11.3 Å². The van der Waals surface area contributed by atoms with Gasteiger partial charge in [0.15, 0.2) is 0 Å². The summed E-state index contributed by atoms with van der Waals surface area (Å²) in [7, 11) is 0. The first kappa shape index (κ1) is 9.14. The van der Waals surface area contributed by atoms with Gasteiger partial charge < -0.3 is 0 Å². The minimum atomic E-state index is -4.36. The van der Waals surface area contributed by atoms with E-state index in [0.717, 1.165) is 4.88 Å². The minimum Gasteiger partial charge on any atom is -0.159 e. The molecule has 0 aromatic carbocycles. The average Bonchev–Trinajstić information content (AvgIpc) is 2.36. The van der Waals surface area contributed by atoms with Gasteiger partial charge in [-0.2, -0.15) is 13.2 Å². The van der Waals surface area contributed by atoms with Crippen LogP contribution in [-0.4, -0.2) is 6.18 Å². The lowest BCUT2D eigenvalue weighted by molar-refractivity contribution is -0.0697. The third kappa shape index (κ3) is 3.44. The van der Waals surface area contributed by atoms with E-state index in [-0.39, 0.29) is 6.42 Å². The van der Waals surface area contributed by atoms with Crippen LogP contribution in [0, 0.1) is 11.8 Å². The molecule has 0 amide bonds. The second-order valence-corrected chi connectivity index (χ2v) is 3.09.